The number of benzene rings is 1. The molecule has 1 fully saturated rings. The van der Waals surface area contributed by atoms with Crippen LogP contribution < -0.4 is 5.73 Å². The van der Waals surface area contributed by atoms with Crippen molar-refractivity contribution in [2.45, 2.75) is 45.4 Å². The summed E-state index contributed by atoms with van der Waals surface area (Å²) in [5, 5.41) is 0. The molecule has 1 aromatic rings. The van der Waals surface area contributed by atoms with Crippen LogP contribution >= 0.6 is 0 Å². The first kappa shape index (κ1) is 14.5. The molecule has 0 aliphatic carbocycles. The largest absolute Gasteiger partial charge is 0.373 e. The number of hydrogen-bond donors (Lipinski definition) is 1. The lowest BCUT2D eigenvalue weighted by atomic mass is 9.96. The molecule has 19 heavy (non-hydrogen) atoms. The van der Waals surface area contributed by atoms with Gasteiger partial charge >= 0.3 is 0 Å². The minimum Gasteiger partial charge on any atom is -0.373 e. The number of nitrogens with zero attached hydrogens (tertiary/aromatic N) is 1. The number of nitrogens with two attached hydrogens (primary N) is 1. The number of aryl methyl sites for hydroxylation is 1. The average molecular weight is 262 g/mol. The van der Waals surface area contributed by atoms with Crippen molar-refractivity contribution in [2.24, 2.45) is 5.73 Å². The van der Waals surface area contributed by atoms with Crippen LogP contribution in [0.15, 0.2) is 24.3 Å². The predicted octanol–water partition coefficient (Wildman–Crippen LogP) is 2.36. The summed E-state index contributed by atoms with van der Waals surface area (Å²) in [4.78, 5) is 2.48. The van der Waals surface area contributed by atoms with E-state index in [-0.39, 0.29) is 12.2 Å². The highest BCUT2D eigenvalue weighted by Crippen LogP contribution is 2.26. The first-order valence-corrected chi connectivity index (χ1v) is 7.33. The maximum atomic E-state index is 6.07. The molecule has 1 aliphatic heterocycles. The van der Waals surface area contributed by atoms with Gasteiger partial charge in [0.05, 0.1) is 12.2 Å². The molecular weight excluding hydrogens is 236 g/mol. The maximum absolute atomic E-state index is 6.07. The van der Waals surface area contributed by atoms with E-state index >= 15 is 0 Å². The van der Waals surface area contributed by atoms with E-state index < -0.39 is 0 Å². The summed E-state index contributed by atoms with van der Waals surface area (Å²) in [6.07, 6.45) is 1.63. The smallest absolute Gasteiger partial charge is 0.0678 e. The summed E-state index contributed by atoms with van der Waals surface area (Å²) in [5.74, 6) is 0. The van der Waals surface area contributed by atoms with Crippen LogP contribution in [0.3, 0.4) is 0 Å². The van der Waals surface area contributed by atoms with Gasteiger partial charge in [0.15, 0.2) is 0 Å². The number of rotatable bonds is 4. The van der Waals surface area contributed by atoms with Crippen molar-refractivity contribution in [1.82, 2.24) is 4.90 Å². The van der Waals surface area contributed by atoms with Gasteiger partial charge in [-0.15, -0.1) is 0 Å². The topological polar surface area (TPSA) is 38.5 Å². The van der Waals surface area contributed by atoms with Crippen LogP contribution in [0.25, 0.3) is 0 Å². The van der Waals surface area contributed by atoms with E-state index in [1.807, 2.05) is 0 Å². The minimum absolute atomic E-state index is 0.284. The van der Waals surface area contributed by atoms with Gasteiger partial charge in [-0.3, -0.25) is 4.90 Å². The number of morpholine rings is 1. The monoisotopic (exact) mass is 262 g/mol. The summed E-state index contributed by atoms with van der Waals surface area (Å²) < 4.78 is 5.82. The van der Waals surface area contributed by atoms with Crippen molar-refractivity contribution < 1.29 is 4.74 Å². The van der Waals surface area contributed by atoms with E-state index in [4.69, 9.17) is 10.5 Å². The molecule has 1 aromatic carbocycles. The van der Waals surface area contributed by atoms with Crippen LogP contribution in [0.1, 0.15) is 37.9 Å². The Labute approximate surface area is 116 Å². The molecule has 3 atom stereocenters. The third kappa shape index (κ3) is 3.35. The first-order chi connectivity index (χ1) is 9.15. The number of ether oxygens (including phenoxy) is 1. The first-order valence-electron chi connectivity index (χ1n) is 7.33. The van der Waals surface area contributed by atoms with Crippen LogP contribution in [0.2, 0.25) is 0 Å². The predicted molar refractivity (Wildman–Crippen MR) is 79.2 cm³/mol. The lowest BCUT2D eigenvalue weighted by molar-refractivity contribution is -0.0800. The van der Waals surface area contributed by atoms with Gasteiger partial charge in [0.1, 0.15) is 0 Å². The van der Waals surface area contributed by atoms with E-state index in [0.29, 0.717) is 12.6 Å². The molecule has 1 unspecified atom stereocenters. The molecule has 3 heteroatoms. The fourth-order valence-corrected chi connectivity index (χ4v) is 3.13. The van der Waals surface area contributed by atoms with E-state index in [1.54, 1.807) is 0 Å². The zero-order valence-electron chi connectivity index (χ0n) is 12.3. The summed E-state index contributed by atoms with van der Waals surface area (Å²) in [5.41, 5.74) is 8.86. The third-order valence-corrected chi connectivity index (χ3v) is 3.91. The van der Waals surface area contributed by atoms with Crippen LogP contribution in [0, 0.1) is 0 Å². The summed E-state index contributed by atoms with van der Waals surface area (Å²) in [7, 11) is 0. The summed E-state index contributed by atoms with van der Waals surface area (Å²) in [6, 6.07) is 8.97. The molecule has 0 spiro atoms. The maximum Gasteiger partial charge on any atom is 0.0678 e. The van der Waals surface area contributed by atoms with Crippen molar-refractivity contribution in [3.05, 3.63) is 35.4 Å². The van der Waals surface area contributed by atoms with Gasteiger partial charge in [-0.05, 0) is 31.4 Å². The Balaban J connectivity index is 2.23. The van der Waals surface area contributed by atoms with Gasteiger partial charge in [-0.1, -0.05) is 31.2 Å². The van der Waals surface area contributed by atoms with Crippen LogP contribution in [-0.4, -0.2) is 36.7 Å². The highest BCUT2D eigenvalue weighted by atomic mass is 16.5. The zero-order chi connectivity index (χ0) is 13.8. The molecule has 2 rings (SSSR count). The fourth-order valence-electron chi connectivity index (χ4n) is 3.13. The second-order valence-electron chi connectivity index (χ2n) is 5.52. The summed E-state index contributed by atoms with van der Waals surface area (Å²) >= 11 is 0. The van der Waals surface area contributed by atoms with Gasteiger partial charge in [0.2, 0.25) is 0 Å². The van der Waals surface area contributed by atoms with Crippen molar-refractivity contribution in [1.29, 1.82) is 0 Å². The van der Waals surface area contributed by atoms with Gasteiger partial charge in [0.25, 0.3) is 0 Å². The second-order valence-corrected chi connectivity index (χ2v) is 5.52. The minimum atomic E-state index is 0.284. The lowest BCUT2D eigenvalue weighted by Gasteiger charge is -2.40. The molecule has 1 saturated heterocycles. The highest BCUT2D eigenvalue weighted by Gasteiger charge is 2.28. The SMILES string of the molecule is CCc1ccccc1C(CN)N1C[C@@H](C)O[C@@H](C)C1. The lowest BCUT2D eigenvalue weighted by Crippen LogP contribution is -2.48. The van der Waals surface area contributed by atoms with Crippen LogP contribution in [-0.2, 0) is 11.2 Å². The molecule has 3 nitrogen and oxygen atoms in total. The molecule has 106 valence electrons. The van der Waals surface area contributed by atoms with E-state index in [1.165, 1.54) is 11.1 Å². The Hall–Kier alpha value is -0.900. The van der Waals surface area contributed by atoms with Gasteiger partial charge < -0.3 is 10.5 Å². The molecule has 1 heterocycles. The third-order valence-electron chi connectivity index (χ3n) is 3.91. The van der Waals surface area contributed by atoms with Crippen LogP contribution in [0.4, 0.5) is 0 Å². The Kier molecular flexibility index (Phi) is 4.97. The molecule has 1 aliphatic rings. The molecular formula is C16H26N2O. The Bertz CT molecular complexity index is 397. The molecule has 2 N–H and O–H groups in total. The molecule has 0 aromatic heterocycles. The molecule has 0 amide bonds. The molecule has 0 bridgehead atoms. The van der Waals surface area contributed by atoms with Gasteiger partial charge in [0, 0.05) is 25.7 Å². The van der Waals surface area contributed by atoms with Crippen molar-refractivity contribution in [3.8, 4) is 0 Å². The standard InChI is InChI=1S/C16H26N2O/c1-4-14-7-5-6-8-15(14)16(9-17)18-10-12(2)19-13(3)11-18/h5-8,12-13,16H,4,9-11,17H2,1-3H3/t12-,13+,16?. The Morgan fingerprint density at radius 2 is 1.89 bits per heavy atom. The molecule has 0 saturated carbocycles. The van der Waals surface area contributed by atoms with E-state index in [2.05, 4.69) is 49.9 Å². The van der Waals surface area contributed by atoms with Crippen molar-refractivity contribution in [2.75, 3.05) is 19.6 Å². The molecule has 0 radical (unpaired) electrons. The van der Waals surface area contributed by atoms with Crippen LogP contribution in [0.5, 0.6) is 0 Å². The Morgan fingerprint density at radius 1 is 1.26 bits per heavy atom. The quantitative estimate of drug-likeness (QED) is 0.905. The Morgan fingerprint density at radius 3 is 2.47 bits per heavy atom. The number of hydrogen-bond acceptors (Lipinski definition) is 3. The fraction of sp³-hybridized carbons (Fsp3) is 0.625. The van der Waals surface area contributed by atoms with E-state index in [0.717, 1.165) is 19.5 Å². The van der Waals surface area contributed by atoms with E-state index in [9.17, 15) is 0 Å². The second kappa shape index (κ2) is 6.51. The van der Waals surface area contributed by atoms with Crippen molar-refractivity contribution >= 4 is 0 Å². The zero-order valence-corrected chi connectivity index (χ0v) is 12.3. The highest BCUT2D eigenvalue weighted by molar-refractivity contribution is 5.30. The van der Waals surface area contributed by atoms with Crippen molar-refractivity contribution in [3.63, 3.8) is 0 Å². The van der Waals surface area contributed by atoms with Gasteiger partial charge in [-0.2, -0.15) is 0 Å². The normalized spacial score (nSPS) is 26.3. The summed E-state index contributed by atoms with van der Waals surface area (Å²) in [6.45, 7) is 9.08. The van der Waals surface area contributed by atoms with Gasteiger partial charge in [-0.25, -0.2) is 0 Å². The average Bonchev–Trinajstić information content (AvgIpc) is 2.39.